The van der Waals surface area contributed by atoms with Crippen LogP contribution in [0.5, 0.6) is 0 Å². The number of hydrogen-bond donors (Lipinski definition) is 3. The lowest BCUT2D eigenvalue weighted by molar-refractivity contribution is -0.137. The summed E-state index contributed by atoms with van der Waals surface area (Å²) in [6.45, 7) is 4.32. The predicted molar refractivity (Wildman–Crippen MR) is 82.6 cm³/mol. The van der Waals surface area contributed by atoms with Crippen molar-refractivity contribution < 1.29 is 19.5 Å². The molecule has 0 aliphatic rings. The van der Waals surface area contributed by atoms with E-state index in [-0.39, 0.29) is 18.2 Å². The summed E-state index contributed by atoms with van der Waals surface area (Å²) in [6, 6.07) is 0. The molecule has 0 fully saturated rings. The molecule has 114 valence electrons. The van der Waals surface area contributed by atoms with Crippen molar-refractivity contribution in [1.82, 2.24) is 10.6 Å². The van der Waals surface area contributed by atoms with Crippen molar-refractivity contribution in [1.29, 1.82) is 0 Å². The fourth-order valence-corrected chi connectivity index (χ4v) is 2.99. The van der Waals surface area contributed by atoms with Gasteiger partial charge in [-0.3, -0.25) is 14.4 Å². The van der Waals surface area contributed by atoms with E-state index >= 15 is 0 Å². The quantitative estimate of drug-likeness (QED) is 0.282. The van der Waals surface area contributed by atoms with Crippen LogP contribution in [-0.4, -0.2) is 47.5 Å². The highest BCUT2D eigenvalue weighted by atomic mass is 33.1. The molecule has 0 rings (SSSR count). The molecular weight excluding hydrogens is 300 g/mol. The normalized spacial score (nSPS) is 9.80. The maximum Gasteiger partial charge on any atom is 0.303 e. The van der Waals surface area contributed by atoms with Crippen LogP contribution in [0.3, 0.4) is 0 Å². The van der Waals surface area contributed by atoms with Crippen LogP contribution in [0, 0.1) is 0 Å². The highest BCUT2D eigenvalue weighted by molar-refractivity contribution is 8.76. The molecule has 0 spiro atoms. The summed E-state index contributed by atoms with van der Waals surface area (Å²) < 4.78 is 0. The van der Waals surface area contributed by atoms with Gasteiger partial charge in [-0.05, 0) is 12.5 Å². The van der Waals surface area contributed by atoms with Gasteiger partial charge in [0.15, 0.2) is 0 Å². The molecule has 0 aromatic carbocycles. The van der Waals surface area contributed by atoms with Gasteiger partial charge in [0.2, 0.25) is 11.8 Å². The van der Waals surface area contributed by atoms with E-state index < -0.39 is 5.97 Å². The first kappa shape index (κ1) is 18.9. The van der Waals surface area contributed by atoms with Crippen LogP contribution in [-0.2, 0) is 14.4 Å². The second-order valence-electron chi connectivity index (χ2n) is 3.74. The molecule has 8 heteroatoms. The van der Waals surface area contributed by atoms with Gasteiger partial charge in [0.1, 0.15) is 0 Å². The maximum atomic E-state index is 11.4. The summed E-state index contributed by atoms with van der Waals surface area (Å²) in [5.74, 6) is 0.351. The van der Waals surface area contributed by atoms with Crippen LogP contribution in [0.25, 0.3) is 0 Å². The SMILES string of the molecule is C=CC(=O)NCCSSCCC(=O)NCCCC(=O)O. The van der Waals surface area contributed by atoms with Crippen LogP contribution < -0.4 is 10.6 Å². The van der Waals surface area contributed by atoms with Crippen LogP contribution >= 0.6 is 21.6 Å². The zero-order chi connectivity index (χ0) is 15.2. The number of carbonyl (C=O) groups excluding carboxylic acids is 2. The lowest BCUT2D eigenvalue weighted by atomic mass is 10.3. The molecule has 0 aliphatic carbocycles. The maximum absolute atomic E-state index is 11.4. The van der Waals surface area contributed by atoms with Gasteiger partial charge in [-0.2, -0.15) is 0 Å². The molecule has 0 aliphatic heterocycles. The lowest BCUT2D eigenvalue weighted by Gasteiger charge is -2.04. The molecule has 2 amide bonds. The topological polar surface area (TPSA) is 95.5 Å². The lowest BCUT2D eigenvalue weighted by Crippen LogP contribution is -2.25. The smallest absolute Gasteiger partial charge is 0.303 e. The Hall–Kier alpha value is -1.15. The minimum atomic E-state index is -0.852. The summed E-state index contributed by atoms with van der Waals surface area (Å²) in [4.78, 5) is 32.4. The molecule has 0 radical (unpaired) electrons. The van der Waals surface area contributed by atoms with E-state index in [1.165, 1.54) is 6.08 Å². The Labute approximate surface area is 126 Å². The highest BCUT2D eigenvalue weighted by Gasteiger charge is 2.02. The third kappa shape index (κ3) is 13.3. The summed E-state index contributed by atoms with van der Waals surface area (Å²) in [7, 11) is 3.16. The summed E-state index contributed by atoms with van der Waals surface area (Å²) >= 11 is 0. The molecule has 0 aromatic rings. The molecule has 0 heterocycles. The molecule has 6 nitrogen and oxygen atoms in total. The molecule has 3 N–H and O–H groups in total. The number of carbonyl (C=O) groups is 3. The average Bonchev–Trinajstić information content (AvgIpc) is 2.42. The van der Waals surface area contributed by atoms with Crippen molar-refractivity contribution in [2.45, 2.75) is 19.3 Å². The zero-order valence-electron chi connectivity index (χ0n) is 11.2. The van der Waals surface area contributed by atoms with E-state index in [2.05, 4.69) is 17.2 Å². The molecule has 0 bridgehead atoms. The summed E-state index contributed by atoms with van der Waals surface area (Å²) in [6.07, 6.45) is 2.16. The van der Waals surface area contributed by atoms with Crippen molar-refractivity contribution >= 4 is 39.4 Å². The van der Waals surface area contributed by atoms with Gasteiger partial charge in [-0.1, -0.05) is 28.2 Å². The van der Waals surface area contributed by atoms with Gasteiger partial charge in [-0.25, -0.2) is 0 Å². The molecule has 0 saturated carbocycles. The largest absolute Gasteiger partial charge is 0.481 e. The number of aliphatic carboxylic acids is 1. The number of rotatable bonds is 12. The second kappa shape index (κ2) is 12.9. The Morgan fingerprint density at radius 3 is 2.40 bits per heavy atom. The summed E-state index contributed by atoms with van der Waals surface area (Å²) in [5, 5.41) is 13.7. The minimum absolute atomic E-state index is 0.0663. The van der Waals surface area contributed by atoms with Gasteiger partial charge in [-0.15, -0.1) is 0 Å². The van der Waals surface area contributed by atoms with Gasteiger partial charge >= 0.3 is 5.97 Å². The molecule has 20 heavy (non-hydrogen) atoms. The van der Waals surface area contributed by atoms with E-state index in [1.54, 1.807) is 21.6 Å². The van der Waals surface area contributed by atoms with Gasteiger partial charge < -0.3 is 15.7 Å². The van der Waals surface area contributed by atoms with E-state index in [9.17, 15) is 14.4 Å². The zero-order valence-corrected chi connectivity index (χ0v) is 12.9. The Kier molecular flexibility index (Phi) is 12.1. The number of nitrogens with one attached hydrogen (secondary N) is 2. The minimum Gasteiger partial charge on any atom is -0.481 e. The third-order valence-electron chi connectivity index (χ3n) is 2.06. The van der Waals surface area contributed by atoms with Crippen LogP contribution in [0.2, 0.25) is 0 Å². The Morgan fingerprint density at radius 1 is 1.05 bits per heavy atom. The van der Waals surface area contributed by atoms with Crippen LogP contribution in [0.4, 0.5) is 0 Å². The number of amides is 2. The van der Waals surface area contributed by atoms with Crippen molar-refractivity contribution in [3.8, 4) is 0 Å². The Bertz CT molecular complexity index is 337. The van der Waals surface area contributed by atoms with Crippen molar-refractivity contribution in [3.63, 3.8) is 0 Å². The molecule has 0 saturated heterocycles. The monoisotopic (exact) mass is 320 g/mol. The van der Waals surface area contributed by atoms with Gasteiger partial charge in [0.05, 0.1) is 0 Å². The fraction of sp³-hybridized carbons (Fsp3) is 0.583. The van der Waals surface area contributed by atoms with E-state index in [4.69, 9.17) is 5.11 Å². The first-order valence-corrected chi connectivity index (χ1v) is 8.68. The second-order valence-corrected chi connectivity index (χ2v) is 6.44. The molecular formula is C12H20N2O4S2. The van der Waals surface area contributed by atoms with Gasteiger partial charge in [0.25, 0.3) is 0 Å². The number of carboxylic acids is 1. The van der Waals surface area contributed by atoms with E-state index in [1.807, 2.05) is 0 Å². The predicted octanol–water partition coefficient (Wildman–Crippen LogP) is 1.04. The van der Waals surface area contributed by atoms with Crippen LogP contribution in [0.1, 0.15) is 19.3 Å². The van der Waals surface area contributed by atoms with Crippen molar-refractivity contribution in [2.24, 2.45) is 0 Å². The average molecular weight is 320 g/mol. The summed E-state index contributed by atoms with van der Waals surface area (Å²) in [5.41, 5.74) is 0. The number of hydrogen-bond acceptors (Lipinski definition) is 5. The first-order valence-electron chi connectivity index (χ1n) is 6.19. The standard InChI is InChI=1S/C12H20N2O4S2/c1-2-10(15)14-7-9-20-19-8-5-11(16)13-6-3-4-12(17)18/h2H,1,3-9H2,(H,13,16)(H,14,15)(H,17,18). The van der Waals surface area contributed by atoms with E-state index in [0.29, 0.717) is 31.7 Å². The van der Waals surface area contributed by atoms with E-state index in [0.717, 1.165) is 5.75 Å². The Morgan fingerprint density at radius 2 is 1.75 bits per heavy atom. The van der Waals surface area contributed by atoms with Gasteiger partial charge in [0, 0.05) is 37.4 Å². The Balaban J connectivity index is 3.29. The third-order valence-corrected chi connectivity index (χ3v) is 4.46. The first-order chi connectivity index (χ1) is 9.56. The van der Waals surface area contributed by atoms with Crippen molar-refractivity contribution in [2.75, 3.05) is 24.6 Å². The molecule has 0 unspecified atom stereocenters. The van der Waals surface area contributed by atoms with Crippen LogP contribution in [0.15, 0.2) is 12.7 Å². The van der Waals surface area contributed by atoms with Crippen molar-refractivity contribution in [3.05, 3.63) is 12.7 Å². The molecule has 0 atom stereocenters. The number of carboxylic acid groups (broad SMARTS) is 1. The molecule has 0 aromatic heterocycles. The fourth-order valence-electron chi connectivity index (χ4n) is 1.10. The highest BCUT2D eigenvalue weighted by Crippen LogP contribution is 2.20.